The first-order valence-corrected chi connectivity index (χ1v) is 9.01. The molecule has 0 spiro atoms. The van der Waals surface area contributed by atoms with Crippen molar-refractivity contribution in [2.45, 2.75) is 6.67 Å². The first-order valence-electron chi connectivity index (χ1n) is 7.12. The summed E-state index contributed by atoms with van der Waals surface area (Å²) in [6.45, 7) is 0.739. The van der Waals surface area contributed by atoms with Crippen molar-refractivity contribution in [1.29, 1.82) is 0 Å². The van der Waals surface area contributed by atoms with E-state index in [2.05, 4.69) is 27.6 Å². The monoisotopic (exact) mass is 455 g/mol. The summed E-state index contributed by atoms with van der Waals surface area (Å²) >= 11 is 3.41. The van der Waals surface area contributed by atoms with E-state index in [1.807, 2.05) is 17.0 Å². The van der Waals surface area contributed by atoms with Gasteiger partial charge in [0.15, 0.2) is 8.57 Å². The number of thiazole rings is 1. The Labute approximate surface area is 153 Å². The van der Waals surface area contributed by atoms with E-state index >= 15 is 0 Å². The van der Waals surface area contributed by atoms with Gasteiger partial charge in [-0.15, -0.1) is 0 Å². The van der Waals surface area contributed by atoms with Crippen molar-refractivity contribution in [3.8, 4) is 0 Å². The van der Waals surface area contributed by atoms with E-state index in [9.17, 15) is 9.18 Å². The lowest BCUT2D eigenvalue weighted by Crippen LogP contribution is -2.42. The molecule has 8 heteroatoms. The molecule has 1 aliphatic rings. The maximum absolute atomic E-state index is 13.4. The van der Waals surface area contributed by atoms with Crippen molar-refractivity contribution in [2.24, 2.45) is 4.99 Å². The number of nitrogens with zero attached hydrogens (tertiary/aromatic N) is 3. The largest absolute Gasteiger partial charge is 0.451 e. The lowest BCUT2D eigenvalue weighted by molar-refractivity contribution is 0.528. The van der Waals surface area contributed by atoms with E-state index in [0.717, 1.165) is 3.77 Å². The SMILES string of the molecule is O=c1/c(=C\c2ccc(I)o2)sc2n1CN(c1cccc(F)c1)CN=2. The maximum Gasteiger partial charge on any atom is 0.271 e. The van der Waals surface area contributed by atoms with Crippen LogP contribution in [0.5, 0.6) is 0 Å². The predicted octanol–water partition coefficient (Wildman–Crippen LogP) is 2.13. The van der Waals surface area contributed by atoms with Crippen LogP contribution in [0.1, 0.15) is 5.76 Å². The third-order valence-electron chi connectivity index (χ3n) is 3.62. The summed E-state index contributed by atoms with van der Waals surface area (Å²) in [7, 11) is 0. The molecule has 24 heavy (non-hydrogen) atoms. The van der Waals surface area contributed by atoms with Crippen molar-refractivity contribution < 1.29 is 8.81 Å². The van der Waals surface area contributed by atoms with Crippen LogP contribution in [0.3, 0.4) is 0 Å². The smallest absolute Gasteiger partial charge is 0.271 e. The second kappa shape index (κ2) is 6.17. The molecule has 0 fully saturated rings. The van der Waals surface area contributed by atoms with Gasteiger partial charge in [0, 0.05) is 11.8 Å². The van der Waals surface area contributed by atoms with E-state index < -0.39 is 0 Å². The number of furan rings is 1. The third-order valence-corrected chi connectivity index (χ3v) is 5.24. The van der Waals surface area contributed by atoms with E-state index in [1.54, 1.807) is 22.8 Å². The molecule has 0 amide bonds. The van der Waals surface area contributed by atoms with Crippen LogP contribution in [0.4, 0.5) is 10.1 Å². The standard InChI is InChI=1S/C16H11FIN3O2S/c17-10-2-1-3-11(6-10)20-8-19-16-21(9-20)15(22)13(24-16)7-12-4-5-14(18)23-12/h1-7H,8-9H2/b13-7+. The van der Waals surface area contributed by atoms with E-state index in [1.165, 1.54) is 23.5 Å². The summed E-state index contributed by atoms with van der Waals surface area (Å²) in [5.74, 6) is 0.329. The Bertz CT molecular complexity index is 1090. The van der Waals surface area contributed by atoms with Gasteiger partial charge in [-0.25, -0.2) is 9.38 Å². The second-order valence-corrected chi connectivity index (χ2v) is 7.30. The van der Waals surface area contributed by atoms with Crippen LogP contribution < -0.4 is 19.8 Å². The lowest BCUT2D eigenvalue weighted by atomic mass is 10.3. The lowest BCUT2D eigenvalue weighted by Gasteiger charge is -2.25. The van der Waals surface area contributed by atoms with Gasteiger partial charge in [0.2, 0.25) is 0 Å². The average Bonchev–Trinajstić information content (AvgIpc) is 3.11. The highest BCUT2D eigenvalue weighted by molar-refractivity contribution is 14.1. The van der Waals surface area contributed by atoms with E-state index in [0.29, 0.717) is 34.1 Å². The normalized spacial score (nSPS) is 14.6. The van der Waals surface area contributed by atoms with Crippen molar-refractivity contribution in [3.63, 3.8) is 0 Å². The molecule has 0 unspecified atom stereocenters. The molecule has 3 heterocycles. The molecule has 3 aromatic rings. The Kier molecular flexibility index (Phi) is 4.01. The molecular formula is C16H11FIN3O2S. The van der Waals surface area contributed by atoms with Gasteiger partial charge in [-0.2, -0.15) is 0 Å². The Balaban J connectivity index is 1.73. The molecule has 5 nitrogen and oxygen atoms in total. The summed E-state index contributed by atoms with van der Waals surface area (Å²) in [4.78, 5) is 19.6. The Morgan fingerprint density at radius 2 is 2.21 bits per heavy atom. The van der Waals surface area contributed by atoms with Crippen LogP contribution in [-0.4, -0.2) is 11.2 Å². The minimum absolute atomic E-state index is 0.119. The summed E-state index contributed by atoms with van der Waals surface area (Å²) in [5, 5.41) is 0. The zero-order valence-electron chi connectivity index (χ0n) is 12.3. The predicted molar refractivity (Wildman–Crippen MR) is 98.1 cm³/mol. The minimum atomic E-state index is -0.308. The fraction of sp³-hybridized carbons (Fsp3) is 0.125. The Hall–Kier alpha value is -1.94. The Morgan fingerprint density at radius 1 is 1.33 bits per heavy atom. The van der Waals surface area contributed by atoms with Gasteiger partial charge in [0.25, 0.3) is 5.56 Å². The second-order valence-electron chi connectivity index (χ2n) is 5.23. The maximum atomic E-state index is 13.4. The van der Waals surface area contributed by atoms with Gasteiger partial charge in [-0.1, -0.05) is 17.4 Å². The summed E-state index contributed by atoms with van der Waals surface area (Å²) in [5.41, 5.74) is 0.583. The third kappa shape index (κ3) is 2.91. The van der Waals surface area contributed by atoms with Gasteiger partial charge in [-0.05, 0) is 52.9 Å². The van der Waals surface area contributed by atoms with E-state index in [4.69, 9.17) is 4.42 Å². The molecule has 0 bridgehead atoms. The molecule has 1 aliphatic heterocycles. The first-order chi connectivity index (χ1) is 11.6. The zero-order valence-corrected chi connectivity index (χ0v) is 15.3. The number of halogens is 2. The molecule has 0 saturated heterocycles. The number of aromatic nitrogens is 1. The summed E-state index contributed by atoms with van der Waals surface area (Å²) < 4.78 is 21.8. The molecule has 0 aliphatic carbocycles. The van der Waals surface area contributed by atoms with Crippen LogP contribution in [0, 0.1) is 9.58 Å². The van der Waals surface area contributed by atoms with Gasteiger partial charge in [-0.3, -0.25) is 9.36 Å². The first kappa shape index (κ1) is 15.6. The average molecular weight is 455 g/mol. The fourth-order valence-corrected chi connectivity index (χ4v) is 3.86. The molecule has 0 atom stereocenters. The zero-order chi connectivity index (χ0) is 16.7. The van der Waals surface area contributed by atoms with Gasteiger partial charge in [0.05, 0.1) is 4.53 Å². The molecule has 122 valence electrons. The van der Waals surface area contributed by atoms with Crippen LogP contribution in [0.25, 0.3) is 6.08 Å². The molecule has 4 rings (SSSR count). The highest BCUT2D eigenvalue weighted by atomic mass is 127. The topological polar surface area (TPSA) is 50.7 Å². The molecule has 0 radical (unpaired) electrons. The summed E-state index contributed by atoms with van der Waals surface area (Å²) in [6.07, 6.45) is 1.72. The number of hydrogen-bond donors (Lipinski definition) is 0. The van der Waals surface area contributed by atoms with Crippen LogP contribution in [0.2, 0.25) is 0 Å². The molecule has 0 saturated carbocycles. The highest BCUT2D eigenvalue weighted by Crippen LogP contribution is 2.16. The van der Waals surface area contributed by atoms with Crippen molar-refractivity contribution in [1.82, 2.24) is 4.57 Å². The van der Waals surface area contributed by atoms with Crippen LogP contribution in [0.15, 0.2) is 50.6 Å². The van der Waals surface area contributed by atoms with Crippen molar-refractivity contribution in [3.05, 3.63) is 71.4 Å². The van der Waals surface area contributed by atoms with Gasteiger partial charge in [0.1, 0.15) is 24.9 Å². The quantitative estimate of drug-likeness (QED) is 0.557. The molecule has 1 aromatic carbocycles. The molecule has 2 aromatic heterocycles. The van der Waals surface area contributed by atoms with Crippen LogP contribution >= 0.6 is 33.9 Å². The van der Waals surface area contributed by atoms with Gasteiger partial charge >= 0.3 is 0 Å². The number of benzene rings is 1. The fourth-order valence-electron chi connectivity index (χ4n) is 2.48. The minimum Gasteiger partial charge on any atom is -0.451 e. The molecule has 0 N–H and O–H groups in total. The summed E-state index contributed by atoms with van der Waals surface area (Å²) in [6, 6.07) is 9.95. The molecular weight excluding hydrogens is 444 g/mol. The van der Waals surface area contributed by atoms with Crippen molar-refractivity contribution in [2.75, 3.05) is 11.6 Å². The van der Waals surface area contributed by atoms with E-state index in [-0.39, 0.29) is 11.4 Å². The number of rotatable bonds is 2. The number of anilines is 1. The van der Waals surface area contributed by atoms with Gasteiger partial charge < -0.3 is 9.32 Å². The van der Waals surface area contributed by atoms with Crippen LogP contribution in [-0.2, 0) is 6.67 Å². The highest BCUT2D eigenvalue weighted by Gasteiger charge is 2.16. The Morgan fingerprint density at radius 3 is 2.96 bits per heavy atom. The van der Waals surface area contributed by atoms with Crippen molar-refractivity contribution >= 4 is 45.7 Å². The number of fused-ring (bicyclic) bond motifs is 1. The number of hydrogen-bond acceptors (Lipinski definition) is 5.